The Morgan fingerprint density at radius 3 is 2.78 bits per heavy atom. The van der Waals surface area contributed by atoms with Gasteiger partial charge in [0.25, 0.3) is 0 Å². The third kappa shape index (κ3) is 4.33. The minimum absolute atomic E-state index is 0.0586. The smallest absolute Gasteiger partial charge is 0.228 e. The Morgan fingerprint density at radius 2 is 1.96 bits per heavy atom. The molecule has 27 heavy (non-hydrogen) atoms. The van der Waals surface area contributed by atoms with Crippen LogP contribution < -0.4 is 5.32 Å². The largest absolute Gasteiger partial charge is 0.379 e. The van der Waals surface area contributed by atoms with Crippen molar-refractivity contribution in [3.8, 4) is 0 Å². The van der Waals surface area contributed by atoms with Crippen molar-refractivity contribution >= 4 is 34.1 Å². The second-order valence-electron chi connectivity index (χ2n) is 6.78. The van der Waals surface area contributed by atoms with Gasteiger partial charge in [-0.15, -0.1) is 0 Å². The summed E-state index contributed by atoms with van der Waals surface area (Å²) in [5.74, 6) is -0.0586. The number of anilines is 1. The maximum Gasteiger partial charge on any atom is 0.228 e. The van der Waals surface area contributed by atoms with Gasteiger partial charge in [0.1, 0.15) is 0 Å². The van der Waals surface area contributed by atoms with E-state index in [0.717, 1.165) is 60.6 Å². The number of hydrogen-bond donors (Lipinski definition) is 2. The summed E-state index contributed by atoms with van der Waals surface area (Å²) < 4.78 is 5.38. The molecule has 5 nitrogen and oxygen atoms in total. The van der Waals surface area contributed by atoms with Gasteiger partial charge in [-0.05, 0) is 29.3 Å². The molecule has 1 aromatic heterocycles. The molecule has 6 heteroatoms. The summed E-state index contributed by atoms with van der Waals surface area (Å²) >= 11 is 6.44. The number of hydrogen-bond acceptors (Lipinski definition) is 3. The fourth-order valence-electron chi connectivity index (χ4n) is 3.41. The van der Waals surface area contributed by atoms with Crippen molar-refractivity contribution in [2.75, 3.05) is 31.6 Å². The van der Waals surface area contributed by atoms with E-state index in [1.807, 2.05) is 48.7 Å². The first-order valence-corrected chi connectivity index (χ1v) is 9.50. The van der Waals surface area contributed by atoms with Crippen LogP contribution in [0.2, 0.25) is 5.02 Å². The van der Waals surface area contributed by atoms with Crippen molar-refractivity contribution in [2.45, 2.75) is 13.0 Å². The lowest BCUT2D eigenvalue weighted by Crippen LogP contribution is -2.35. The Kier molecular flexibility index (Phi) is 5.43. The second kappa shape index (κ2) is 8.13. The molecule has 3 aromatic rings. The number of benzene rings is 2. The monoisotopic (exact) mass is 383 g/mol. The van der Waals surface area contributed by atoms with Gasteiger partial charge in [-0.3, -0.25) is 9.69 Å². The average Bonchev–Trinajstić information content (AvgIpc) is 3.08. The summed E-state index contributed by atoms with van der Waals surface area (Å²) in [5, 5.41) is 4.69. The molecule has 2 aromatic carbocycles. The van der Waals surface area contributed by atoms with E-state index in [1.54, 1.807) is 0 Å². The molecule has 0 spiro atoms. The quantitative estimate of drug-likeness (QED) is 0.703. The van der Waals surface area contributed by atoms with E-state index in [2.05, 4.69) is 15.2 Å². The molecule has 1 aliphatic rings. The molecule has 140 valence electrons. The maximum atomic E-state index is 12.4. The van der Waals surface area contributed by atoms with Crippen LogP contribution in [0.3, 0.4) is 0 Å². The van der Waals surface area contributed by atoms with E-state index < -0.39 is 0 Å². The molecule has 0 atom stereocenters. The number of morpholine rings is 1. The topological polar surface area (TPSA) is 57.4 Å². The van der Waals surface area contributed by atoms with Gasteiger partial charge >= 0.3 is 0 Å². The van der Waals surface area contributed by atoms with Gasteiger partial charge < -0.3 is 15.0 Å². The number of H-pyrrole nitrogens is 1. The lowest BCUT2D eigenvalue weighted by molar-refractivity contribution is -0.115. The number of aromatic amines is 1. The van der Waals surface area contributed by atoms with Gasteiger partial charge in [-0.25, -0.2) is 0 Å². The van der Waals surface area contributed by atoms with Crippen LogP contribution in [-0.2, 0) is 22.5 Å². The minimum atomic E-state index is -0.0586. The van der Waals surface area contributed by atoms with Crippen molar-refractivity contribution in [1.82, 2.24) is 9.88 Å². The fraction of sp³-hybridized carbons (Fsp3) is 0.286. The summed E-state index contributed by atoms with van der Waals surface area (Å²) in [6.07, 6.45) is 2.21. The molecule has 1 amide bonds. The Labute approximate surface area is 163 Å². The molecule has 1 fully saturated rings. The highest BCUT2D eigenvalue weighted by Crippen LogP contribution is 2.24. The van der Waals surface area contributed by atoms with Gasteiger partial charge in [-0.1, -0.05) is 35.9 Å². The molecule has 2 N–H and O–H groups in total. The van der Waals surface area contributed by atoms with Crippen LogP contribution >= 0.6 is 11.6 Å². The molecule has 1 saturated heterocycles. The Hall–Kier alpha value is -2.34. The number of carbonyl (C=O) groups excluding carboxylic acids is 1. The van der Waals surface area contributed by atoms with Crippen molar-refractivity contribution in [1.29, 1.82) is 0 Å². The maximum absolute atomic E-state index is 12.4. The Bertz CT molecular complexity index is 948. The number of rotatable bonds is 5. The summed E-state index contributed by atoms with van der Waals surface area (Å²) in [7, 11) is 0. The number of amides is 1. The molecule has 0 unspecified atom stereocenters. The third-order valence-corrected chi connectivity index (χ3v) is 5.21. The zero-order chi connectivity index (χ0) is 18.6. The van der Waals surface area contributed by atoms with Gasteiger partial charge in [0.05, 0.1) is 19.6 Å². The predicted molar refractivity (Wildman–Crippen MR) is 108 cm³/mol. The highest BCUT2D eigenvalue weighted by atomic mass is 35.5. The first-order chi connectivity index (χ1) is 13.2. The molecule has 2 heterocycles. The summed E-state index contributed by atoms with van der Waals surface area (Å²) in [5.41, 5.74) is 3.80. The molecule has 0 bridgehead atoms. The lowest BCUT2D eigenvalue weighted by Gasteiger charge is -2.27. The summed E-state index contributed by atoms with van der Waals surface area (Å²) in [4.78, 5) is 18.0. The number of nitrogens with one attached hydrogen (secondary N) is 2. The van der Waals surface area contributed by atoms with Crippen molar-refractivity contribution in [3.05, 3.63) is 64.8 Å². The molecule has 0 saturated carbocycles. The Morgan fingerprint density at radius 1 is 1.15 bits per heavy atom. The number of aromatic nitrogens is 1. The van der Waals surface area contributed by atoms with E-state index in [-0.39, 0.29) is 5.91 Å². The first kappa shape index (κ1) is 18.0. The number of fused-ring (bicyclic) bond motifs is 1. The molecule has 0 radical (unpaired) electrons. The van der Waals surface area contributed by atoms with Crippen LogP contribution in [0.15, 0.2) is 48.7 Å². The third-order valence-electron chi connectivity index (χ3n) is 4.86. The van der Waals surface area contributed by atoms with E-state index in [0.29, 0.717) is 11.4 Å². The standard InChI is InChI=1S/C21H22ClN3O2/c22-19-12-17(6-5-15(19)14-25-7-9-27-10-8-25)24-21(26)11-16-13-23-20-4-2-1-3-18(16)20/h1-6,12-13,23H,7-11,14H2,(H,24,26). The van der Waals surface area contributed by atoms with Crippen LogP contribution in [-0.4, -0.2) is 42.1 Å². The van der Waals surface area contributed by atoms with E-state index in [4.69, 9.17) is 16.3 Å². The van der Waals surface area contributed by atoms with E-state index in [9.17, 15) is 4.79 Å². The van der Waals surface area contributed by atoms with Gasteiger partial charge in [0.2, 0.25) is 5.91 Å². The summed E-state index contributed by atoms with van der Waals surface area (Å²) in [6.45, 7) is 4.16. The minimum Gasteiger partial charge on any atom is -0.379 e. The van der Waals surface area contributed by atoms with Crippen molar-refractivity contribution < 1.29 is 9.53 Å². The fourth-order valence-corrected chi connectivity index (χ4v) is 3.65. The van der Waals surface area contributed by atoms with Crippen molar-refractivity contribution in [2.24, 2.45) is 0 Å². The molecule has 4 rings (SSSR count). The van der Waals surface area contributed by atoms with Crippen LogP contribution in [0.25, 0.3) is 10.9 Å². The summed E-state index contributed by atoms with van der Waals surface area (Å²) in [6, 6.07) is 13.7. The van der Waals surface area contributed by atoms with E-state index >= 15 is 0 Å². The van der Waals surface area contributed by atoms with Crippen LogP contribution in [0.1, 0.15) is 11.1 Å². The SMILES string of the molecule is O=C(Cc1c[nH]c2ccccc12)Nc1ccc(CN2CCOCC2)c(Cl)c1. The van der Waals surface area contributed by atoms with Crippen LogP contribution in [0.4, 0.5) is 5.69 Å². The number of halogens is 1. The molecule has 1 aliphatic heterocycles. The van der Waals surface area contributed by atoms with Gasteiger partial charge in [-0.2, -0.15) is 0 Å². The predicted octanol–water partition coefficient (Wildman–Crippen LogP) is 3.83. The van der Waals surface area contributed by atoms with Crippen molar-refractivity contribution in [3.63, 3.8) is 0 Å². The van der Waals surface area contributed by atoms with Gasteiger partial charge in [0, 0.05) is 47.4 Å². The normalized spacial score (nSPS) is 15.1. The molecule has 0 aliphatic carbocycles. The zero-order valence-electron chi connectivity index (χ0n) is 15.0. The van der Waals surface area contributed by atoms with Gasteiger partial charge in [0.15, 0.2) is 0 Å². The zero-order valence-corrected chi connectivity index (χ0v) is 15.8. The number of para-hydroxylation sites is 1. The highest BCUT2D eigenvalue weighted by molar-refractivity contribution is 6.31. The number of nitrogens with zero attached hydrogens (tertiary/aromatic N) is 1. The highest BCUT2D eigenvalue weighted by Gasteiger charge is 2.14. The van der Waals surface area contributed by atoms with Crippen LogP contribution in [0, 0.1) is 0 Å². The molecular weight excluding hydrogens is 362 g/mol. The Balaban J connectivity index is 1.40. The average molecular weight is 384 g/mol. The molecular formula is C21H22ClN3O2. The number of ether oxygens (including phenoxy) is 1. The van der Waals surface area contributed by atoms with E-state index in [1.165, 1.54) is 0 Å². The van der Waals surface area contributed by atoms with Crippen LogP contribution in [0.5, 0.6) is 0 Å². The first-order valence-electron chi connectivity index (χ1n) is 9.12. The second-order valence-corrected chi connectivity index (χ2v) is 7.19. The lowest BCUT2D eigenvalue weighted by atomic mass is 10.1. The number of carbonyl (C=O) groups is 1.